The van der Waals surface area contributed by atoms with Crippen molar-refractivity contribution in [3.8, 4) is 0 Å². The first-order valence-electron chi connectivity index (χ1n) is 5.90. The molecule has 0 spiro atoms. The Morgan fingerprint density at radius 3 is 2.28 bits per heavy atom. The third kappa shape index (κ3) is 3.77. The first kappa shape index (κ1) is 13.5. The van der Waals surface area contributed by atoms with Gasteiger partial charge in [-0.1, -0.05) is 54.1 Å². The van der Waals surface area contributed by atoms with E-state index in [1.54, 1.807) is 0 Å². The summed E-state index contributed by atoms with van der Waals surface area (Å²) < 4.78 is 0. The highest BCUT2D eigenvalue weighted by Gasteiger charge is 2.09. The summed E-state index contributed by atoms with van der Waals surface area (Å²) in [5.41, 5.74) is 8.42. The lowest BCUT2D eigenvalue weighted by molar-refractivity contribution is 0.940. The summed E-state index contributed by atoms with van der Waals surface area (Å²) in [6.07, 6.45) is 0. The van der Waals surface area contributed by atoms with E-state index < -0.39 is 0 Å². The summed E-state index contributed by atoms with van der Waals surface area (Å²) >= 11 is 7.74. The van der Waals surface area contributed by atoms with Crippen LogP contribution in [0.3, 0.4) is 0 Å². The normalized spacial score (nSPS) is 12.3. The molecule has 2 aromatic rings. The molecule has 3 heteroatoms. The van der Waals surface area contributed by atoms with Crippen LogP contribution in [0.4, 0.5) is 0 Å². The Balaban J connectivity index is 1.97. The summed E-state index contributed by atoms with van der Waals surface area (Å²) in [5, 5.41) is 1.13. The second-order valence-electron chi connectivity index (χ2n) is 4.07. The third-order valence-electron chi connectivity index (χ3n) is 2.75. The molecular weight excluding hydrogens is 262 g/mol. The second kappa shape index (κ2) is 6.83. The topological polar surface area (TPSA) is 26.0 Å². The molecule has 2 rings (SSSR count). The first-order valence-corrected chi connectivity index (χ1v) is 7.33. The predicted octanol–water partition coefficient (Wildman–Crippen LogP) is 4.27. The van der Waals surface area contributed by atoms with Gasteiger partial charge >= 0.3 is 0 Å². The Hall–Kier alpha value is -0.960. The van der Waals surface area contributed by atoms with Gasteiger partial charge in [-0.25, -0.2) is 0 Å². The van der Waals surface area contributed by atoms with Gasteiger partial charge in [0.2, 0.25) is 0 Å². The van der Waals surface area contributed by atoms with Crippen LogP contribution in [-0.2, 0) is 5.75 Å². The van der Waals surface area contributed by atoms with E-state index in [4.69, 9.17) is 17.3 Å². The van der Waals surface area contributed by atoms with E-state index in [9.17, 15) is 0 Å². The van der Waals surface area contributed by atoms with E-state index in [2.05, 4.69) is 36.4 Å². The zero-order valence-electron chi connectivity index (χ0n) is 10.1. The molecule has 0 amide bonds. The van der Waals surface area contributed by atoms with Crippen LogP contribution < -0.4 is 5.73 Å². The van der Waals surface area contributed by atoms with Gasteiger partial charge in [0, 0.05) is 22.6 Å². The van der Waals surface area contributed by atoms with Gasteiger partial charge in [0.05, 0.1) is 0 Å². The maximum atomic E-state index is 5.87. The van der Waals surface area contributed by atoms with Crippen molar-refractivity contribution in [2.24, 2.45) is 5.73 Å². The van der Waals surface area contributed by atoms with E-state index >= 15 is 0 Å². The van der Waals surface area contributed by atoms with Crippen molar-refractivity contribution in [1.29, 1.82) is 0 Å². The number of hydrogen-bond donors (Lipinski definition) is 1. The summed E-state index contributed by atoms with van der Waals surface area (Å²) in [7, 11) is 0. The van der Waals surface area contributed by atoms with Gasteiger partial charge in [0.15, 0.2) is 0 Å². The zero-order valence-corrected chi connectivity index (χ0v) is 11.6. The average molecular weight is 278 g/mol. The van der Waals surface area contributed by atoms with E-state index in [1.807, 2.05) is 30.0 Å². The van der Waals surface area contributed by atoms with Crippen LogP contribution in [0.1, 0.15) is 16.4 Å². The Bertz CT molecular complexity index is 470. The summed E-state index contributed by atoms with van der Waals surface area (Å²) in [6, 6.07) is 18.4. The molecule has 0 aliphatic rings. The molecule has 0 fully saturated rings. The first-order chi connectivity index (χ1) is 8.79. The SMILES string of the molecule is NCC(SCc1ccc(Cl)cc1)c1ccccc1. The highest BCUT2D eigenvalue weighted by Crippen LogP contribution is 2.30. The van der Waals surface area contributed by atoms with Crippen LogP contribution in [0.25, 0.3) is 0 Å². The van der Waals surface area contributed by atoms with Gasteiger partial charge in [-0.2, -0.15) is 0 Å². The van der Waals surface area contributed by atoms with Crippen LogP contribution in [0.2, 0.25) is 5.02 Å². The molecule has 18 heavy (non-hydrogen) atoms. The minimum absolute atomic E-state index is 0.349. The third-order valence-corrected chi connectivity index (χ3v) is 4.37. The molecule has 2 N–H and O–H groups in total. The van der Waals surface area contributed by atoms with Gasteiger partial charge in [-0.05, 0) is 23.3 Å². The van der Waals surface area contributed by atoms with Crippen molar-refractivity contribution in [1.82, 2.24) is 0 Å². The molecule has 0 heterocycles. The molecule has 0 radical (unpaired) electrons. The number of hydrogen-bond acceptors (Lipinski definition) is 2. The maximum absolute atomic E-state index is 5.87. The zero-order chi connectivity index (χ0) is 12.8. The Morgan fingerprint density at radius 1 is 1.00 bits per heavy atom. The van der Waals surface area contributed by atoms with Crippen molar-refractivity contribution in [2.45, 2.75) is 11.0 Å². The van der Waals surface area contributed by atoms with Gasteiger partial charge < -0.3 is 5.73 Å². The van der Waals surface area contributed by atoms with Crippen LogP contribution in [0.5, 0.6) is 0 Å². The summed E-state index contributed by atoms with van der Waals surface area (Å²) in [5.74, 6) is 0.952. The number of thioether (sulfide) groups is 1. The number of rotatable bonds is 5. The Morgan fingerprint density at radius 2 is 1.67 bits per heavy atom. The minimum atomic E-state index is 0.349. The van der Waals surface area contributed by atoms with E-state index in [-0.39, 0.29) is 0 Å². The molecular formula is C15H16ClNS. The van der Waals surface area contributed by atoms with Crippen LogP contribution in [0.15, 0.2) is 54.6 Å². The fourth-order valence-corrected chi connectivity index (χ4v) is 2.94. The second-order valence-corrected chi connectivity index (χ2v) is 5.70. The number of nitrogens with two attached hydrogens (primary N) is 1. The molecule has 0 saturated carbocycles. The van der Waals surface area contributed by atoms with Gasteiger partial charge in [0.1, 0.15) is 0 Å². The monoisotopic (exact) mass is 277 g/mol. The highest BCUT2D eigenvalue weighted by atomic mass is 35.5. The molecule has 0 aromatic heterocycles. The van der Waals surface area contributed by atoms with Crippen LogP contribution in [0, 0.1) is 0 Å². The van der Waals surface area contributed by atoms with Crippen molar-refractivity contribution >= 4 is 23.4 Å². The number of benzene rings is 2. The minimum Gasteiger partial charge on any atom is -0.329 e. The molecule has 0 aliphatic heterocycles. The van der Waals surface area contributed by atoms with Crippen LogP contribution >= 0.6 is 23.4 Å². The Labute approximate surface area is 117 Å². The molecule has 0 saturated heterocycles. The van der Waals surface area contributed by atoms with Gasteiger partial charge in [-0.15, -0.1) is 11.8 Å². The molecule has 94 valence electrons. The van der Waals surface area contributed by atoms with Gasteiger partial charge in [-0.3, -0.25) is 0 Å². The van der Waals surface area contributed by atoms with Crippen molar-refractivity contribution < 1.29 is 0 Å². The van der Waals surface area contributed by atoms with Crippen molar-refractivity contribution in [3.05, 3.63) is 70.7 Å². The molecule has 1 nitrogen and oxygen atoms in total. The molecule has 1 atom stereocenters. The predicted molar refractivity (Wildman–Crippen MR) is 81.0 cm³/mol. The maximum Gasteiger partial charge on any atom is 0.0422 e. The molecule has 1 unspecified atom stereocenters. The lowest BCUT2D eigenvalue weighted by atomic mass is 10.1. The largest absolute Gasteiger partial charge is 0.329 e. The van der Waals surface area contributed by atoms with Crippen LogP contribution in [-0.4, -0.2) is 6.54 Å². The standard InChI is InChI=1S/C15H16ClNS/c16-14-8-6-12(7-9-14)11-18-15(10-17)13-4-2-1-3-5-13/h1-9,15H,10-11,17H2. The number of halogens is 1. The van der Waals surface area contributed by atoms with Crippen molar-refractivity contribution in [2.75, 3.05) is 6.54 Å². The van der Waals surface area contributed by atoms with E-state index in [1.165, 1.54) is 11.1 Å². The highest BCUT2D eigenvalue weighted by molar-refractivity contribution is 7.98. The lowest BCUT2D eigenvalue weighted by Crippen LogP contribution is -2.09. The molecule has 0 bridgehead atoms. The van der Waals surface area contributed by atoms with Crippen molar-refractivity contribution in [3.63, 3.8) is 0 Å². The quantitative estimate of drug-likeness (QED) is 0.883. The van der Waals surface area contributed by atoms with Gasteiger partial charge in [0.25, 0.3) is 0 Å². The smallest absolute Gasteiger partial charge is 0.0422 e. The summed E-state index contributed by atoms with van der Waals surface area (Å²) in [6.45, 7) is 0.655. The molecule has 2 aromatic carbocycles. The lowest BCUT2D eigenvalue weighted by Gasteiger charge is -2.14. The molecule has 0 aliphatic carbocycles. The van der Waals surface area contributed by atoms with E-state index in [0.717, 1.165) is 10.8 Å². The fourth-order valence-electron chi connectivity index (χ4n) is 1.75. The Kier molecular flexibility index (Phi) is 5.12. The average Bonchev–Trinajstić information content (AvgIpc) is 2.43. The fraction of sp³-hybridized carbons (Fsp3) is 0.200. The summed E-state index contributed by atoms with van der Waals surface area (Å²) in [4.78, 5) is 0. The van der Waals surface area contributed by atoms with E-state index in [0.29, 0.717) is 11.8 Å².